The third kappa shape index (κ3) is 4.93. The van der Waals surface area contributed by atoms with Crippen LogP contribution in [0.1, 0.15) is 43.1 Å². The van der Waals surface area contributed by atoms with Crippen LogP contribution in [0, 0.1) is 5.82 Å². The number of aromatic nitrogens is 3. The van der Waals surface area contributed by atoms with Crippen LogP contribution in [0.5, 0.6) is 0 Å². The van der Waals surface area contributed by atoms with Crippen LogP contribution in [0.4, 0.5) is 4.39 Å². The van der Waals surface area contributed by atoms with Crippen molar-refractivity contribution in [3.05, 3.63) is 81.7 Å². The Hall–Kier alpha value is -2.97. The summed E-state index contributed by atoms with van der Waals surface area (Å²) in [7, 11) is 0. The summed E-state index contributed by atoms with van der Waals surface area (Å²) < 4.78 is 21.1. The largest absolute Gasteiger partial charge is 0.423 e. The molecule has 8 heteroatoms. The molecule has 0 saturated carbocycles. The van der Waals surface area contributed by atoms with E-state index in [1.165, 1.54) is 43.2 Å². The highest BCUT2D eigenvalue weighted by Crippen LogP contribution is 2.29. The first-order chi connectivity index (χ1) is 16.6. The standard InChI is InChI=1S/C26H27FN4O2S/c1-2-18-6-11-22-19(15-25(32)33-23(22)14-18)17-34-26-29-28-24(16-30-12-4-3-5-13-30)31(26)21-9-7-20(27)8-10-21/h6-11,14-15H,2-5,12-13,16-17H2,1H3. The number of hydrogen-bond acceptors (Lipinski definition) is 6. The van der Waals surface area contributed by atoms with Gasteiger partial charge in [-0.05, 0) is 73.8 Å². The fourth-order valence-corrected chi connectivity index (χ4v) is 5.38. The van der Waals surface area contributed by atoms with E-state index in [2.05, 4.69) is 28.1 Å². The molecule has 1 aliphatic rings. The molecule has 1 aliphatic heterocycles. The molecule has 0 bridgehead atoms. The molecule has 1 fully saturated rings. The second-order valence-electron chi connectivity index (χ2n) is 8.61. The van der Waals surface area contributed by atoms with E-state index >= 15 is 0 Å². The van der Waals surface area contributed by atoms with Crippen molar-refractivity contribution >= 4 is 22.7 Å². The number of halogens is 1. The monoisotopic (exact) mass is 478 g/mol. The Morgan fingerprint density at radius 2 is 1.82 bits per heavy atom. The zero-order valence-corrected chi connectivity index (χ0v) is 20.0. The quantitative estimate of drug-likeness (QED) is 0.263. The average molecular weight is 479 g/mol. The van der Waals surface area contributed by atoms with E-state index in [0.29, 0.717) is 23.0 Å². The van der Waals surface area contributed by atoms with Crippen molar-refractivity contribution in [3.8, 4) is 5.69 Å². The van der Waals surface area contributed by atoms with Crippen LogP contribution in [0.2, 0.25) is 0 Å². The zero-order chi connectivity index (χ0) is 23.5. The number of likely N-dealkylation sites (tertiary alicyclic amines) is 1. The van der Waals surface area contributed by atoms with Crippen LogP contribution in [-0.2, 0) is 18.7 Å². The fourth-order valence-electron chi connectivity index (χ4n) is 4.42. The van der Waals surface area contributed by atoms with Gasteiger partial charge in [0.2, 0.25) is 0 Å². The molecule has 0 aliphatic carbocycles. The molecule has 0 radical (unpaired) electrons. The number of piperidine rings is 1. The van der Waals surface area contributed by atoms with Crippen molar-refractivity contribution in [2.24, 2.45) is 0 Å². The summed E-state index contributed by atoms with van der Waals surface area (Å²) in [6.07, 6.45) is 4.52. The van der Waals surface area contributed by atoms with Crippen LogP contribution in [0.3, 0.4) is 0 Å². The Bertz CT molecular complexity index is 1340. The minimum atomic E-state index is -0.359. The number of nitrogens with zero attached hydrogens (tertiary/aromatic N) is 4. The van der Waals surface area contributed by atoms with E-state index in [-0.39, 0.29) is 11.4 Å². The molecule has 176 valence electrons. The lowest BCUT2D eigenvalue weighted by molar-refractivity contribution is 0.214. The van der Waals surface area contributed by atoms with Gasteiger partial charge in [-0.2, -0.15) is 0 Å². The van der Waals surface area contributed by atoms with E-state index in [1.54, 1.807) is 18.2 Å². The van der Waals surface area contributed by atoms with Crippen molar-refractivity contribution in [1.29, 1.82) is 0 Å². The Labute approximate surface area is 201 Å². The van der Waals surface area contributed by atoms with Gasteiger partial charge in [0.05, 0.1) is 6.54 Å². The van der Waals surface area contributed by atoms with Gasteiger partial charge in [0.25, 0.3) is 0 Å². The first-order valence-corrected chi connectivity index (χ1v) is 12.7. The van der Waals surface area contributed by atoms with Gasteiger partial charge in [0.1, 0.15) is 11.4 Å². The van der Waals surface area contributed by atoms with Crippen LogP contribution in [0.25, 0.3) is 16.7 Å². The van der Waals surface area contributed by atoms with Crippen LogP contribution in [-0.4, -0.2) is 32.8 Å². The molecule has 1 saturated heterocycles. The molecule has 0 spiro atoms. The Morgan fingerprint density at radius 3 is 2.59 bits per heavy atom. The molecule has 34 heavy (non-hydrogen) atoms. The van der Waals surface area contributed by atoms with Gasteiger partial charge in [-0.15, -0.1) is 10.2 Å². The maximum Gasteiger partial charge on any atom is 0.336 e. The third-order valence-corrected chi connectivity index (χ3v) is 7.24. The summed E-state index contributed by atoms with van der Waals surface area (Å²) >= 11 is 1.51. The molecule has 6 nitrogen and oxygen atoms in total. The Balaban J connectivity index is 1.47. The third-order valence-electron chi connectivity index (χ3n) is 6.26. The second kappa shape index (κ2) is 10.1. The molecular formula is C26H27FN4O2S. The first-order valence-electron chi connectivity index (χ1n) is 11.7. The minimum absolute atomic E-state index is 0.280. The summed E-state index contributed by atoms with van der Waals surface area (Å²) in [5, 5.41) is 10.6. The lowest BCUT2D eigenvalue weighted by Crippen LogP contribution is -2.30. The molecule has 2 aromatic carbocycles. The molecule has 0 atom stereocenters. The molecule has 2 aromatic heterocycles. The van der Waals surface area contributed by atoms with E-state index in [1.807, 2.05) is 16.7 Å². The van der Waals surface area contributed by atoms with Gasteiger partial charge in [0.15, 0.2) is 11.0 Å². The maximum absolute atomic E-state index is 13.6. The van der Waals surface area contributed by atoms with Gasteiger partial charge in [0, 0.05) is 22.9 Å². The summed E-state index contributed by atoms with van der Waals surface area (Å²) in [6, 6.07) is 14.0. The van der Waals surface area contributed by atoms with E-state index in [0.717, 1.165) is 47.5 Å². The number of aryl methyl sites for hydroxylation is 1. The zero-order valence-electron chi connectivity index (χ0n) is 19.2. The highest BCUT2D eigenvalue weighted by Gasteiger charge is 2.19. The first kappa shape index (κ1) is 22.8. The topological polar surface area (TPSA) is 64.2 Å². The van der Waals surface area contributed by atoms with Gasteiger partial charge in [-0.25, -0.2) is 9.18 Å². The van der Waals surface area contributed by atoms with E-state index in [4.69, 9.17) is 4.42 Å². The highest BCUT2D eigenvalue weighted by atomic mass is 32.2. The van der Waals surface area contributed by atoms with Crippen LogP contribution < -0.4 is 5.63 Å². The van der Waals surface area contributed by atoms with Crippen molar-refractivity contribution in [2.75, 3.05) is 13.1 Å². The normalized spacial score (nSPS) is 14.6. The molecule has 5 rings (SSSR count). The van der Waals surface area contributed by atoms with E-state index in [9.17, 15) is 9.18 Å². The number of rotatable bonds is 7. The van der Waals surface area contributed by atoms with Gasteiger partial charge in [-0.3, -0.25) is 9.47 Å². The van der Waals surface area contributed by atoms with E-state index < -0.39 is 0 Å². The maximum atomic E-state index is 13.6. The van der Waals surface area contributed by atoms with Gasteiger partial charge < -0.3 is 4.42 Å². The molecule has 0 N–H and O–H groups in total. The van der Waals surface area contributed by atoms with Crippen molar-refractivity contribution in [2.45, 2.75) is 50.1 Å². The minimum Gasteiger partial charge on any atom is -0.423 e. The lowest BCUT2D eigenvalue weighted by Gasteiger charge is -2.26. The van der Waals surface area contributed by atoms with Gasteiger partial charge >= 0.3 is 5.63 Å². The average Bonchev–Trinajstić information content (AvgIpc) is 3.25. The second-order valence-corrected chi connectivity index (χ2v) is 9.55. The predicted molar refractivity (Wildman–Crippen MR) is 132 cm³/mol. The van der Waals surface area contributed by atoms with Crippen molar-refractivity contribution in [1.82, 2.24) is 19.7 Å². The molecule has 4 aromatic rings. The molecule has 3 heterocycles. The Morgan fingerprint density at radius 1 is 1.03 bits per heavy atom. The summed E-state index contributed by atoms with van der Waals surface area (Å²) in [6.45, 7) is 4.86. The molecular weight excluding hydrogens is 451 g/mol. The summed E-state index contributed by atoms with van der Waals surface area (Å²) in [4.78, 5) is 14.6. The summed E-state index contributed by atoms with van der Waals surface area (Å²) in [5.41, 5.74) is 3.09. The number of benzene rings is 2. The smallest absolute Gasteiger partial charge is 0.336 e. The SMILES string of the molecule is CCc1ccc2c(CSc3nnc(CN4CCCCC4)n3-c3ccc(F)cc3)cc(=O)oc2c1. The summed E-state index contributed by atoms with van der Waals surface area (Å²) in [5.74, 6) is 1.09. The number of thioether (sulfide) groups is 1. The lowest BCUT2D eigenvalue weighted by atomic mass is 10.1. The molecule has 0 amide bonds. The Kier molecular flexibility index (Phi) is 6.78. The van der Waals surface area contributed by atoms with Gasteiger partial charge in [-0.1, -0.05) is 37.2 Å². The number of hydrogen-bond donors (Lipinski definition) is 0. The molecule has 0 unspecified atom stereocenters. The highest BCUT2D eigenvalue weighted by molar-refractivity contribution is 7.98. The number of fused-ring (bicyclic) bond motifs is 1. The predicted octanol–water partition coefficient (Wildman–Crippen LogP) is 5.35. The van der Waals surface area contributed by atoms with Crippen molar-refractivity contribution in [3.63, 3.8) is 0 Å². The van der Waals surface area contributed by atoms with Crippen LogP contribution in [0.15, 0.2) is 62.9 Å². The van der Waals surface area contributed by atoms with Crippen molar-refractivity contribution < 1.29 is 8.81 Å². The van der Waals surface area contributed by atoms with Crippen LogP contribution >= 0.6 is 11.8 Å². The fraction of sp³-hybridized carbons (Fsp3) is 0.346.